The molecule has 0 aromatic heterocycles. The molecule has 3 atom stereocenters. The van der Waals surface area contributed by atoms with Crippen LogP contribution >= 0.6 is 15.9 Å². The average Bonchev–Trinajstić information content (AvgIpc) is 2.97. The summed E-state index contributed by atoms with van der Waals surface area (Å²) in [6, 6.07) is 21.7. The molecule has 0 saturated heterocycles. The lowest BCUT2D eigenvalue weighted by Crippen LogP contribution is -2.33. The van der Waals surface area contributed by atoms with Crippen molar-refractivity contribution in [1.82, 2.24) is 4.90 Å². The molecule has 26 heavy (non-hydrogen) atoms. The summed E-state index contributed by atoms with van der Waals surface area (Å²) in [6.07, 6.45) is 2.56. The Morgan fingerprint density at radius 3 is 2.00 bits per heavy atom. The van der Waals surface area contributed by atoms with Gasteiger partial charge in [0.15, 0.2) is 0 Å². The number of hydrogen-bond acceptors (Lipinski definition) is 2. The molecule has 3 unspecified atom stereocenters. The summed E-state index contributed by atoms with van der Waals surface area (Å²) in [5.41, 5.74) is 2.65. The lowest BCUT2D eigenvalue weighted by atomic mass is 9.92. The standard InChI is InChI=1S/C23H28BrNO/c1-3-22(26)21-14-20(15-23(21,2)24)25(16-18-10-6-4-7-11-18)17-19-12-8-5-9-13-19/h4-13,20-21H,3,14-17H2,1-2H3. The third-order valence-corrected chi connectivity index (χ3v) is 6.46. The van der Waals surface area contributed by atoms with Crippen LogP contribution in [0.5, 0.6) is 0 Å². The van der Waals surface area contributed by atoms with Gasteiger partial charge in [-0.05, 0) is 30.9 Å². The van der Waals surface area contributed by atoms with Crippen LogP contribution in [0, 0.1) is 5.92 Å². The Labute approximate surface area is 165 Å². The normalized spacial score (nSPS) is 25.5. The number of halogens is 1. The van der Waals surface area contributed by atoms with Gasteiger partial charge in [-0.3, -0.25) is 9.69 Å². The Hall–Kier alpha value is -1.45. The van der Waals surface area contributed by atoms with Crippen molar-refractivity contribution in [3.8, 4) is 0 Å². The van der Waals surface area contributed by atoms with E-state index in [1.807, 2.05) is 6.92 Å². The van der Waals surface area contributed by atoms with Crippen molar-refractivity contribution in [2.24, 2.45) is 5.92 Å². The molecule has 138 valence electrons. The quantitative estimate of drug-likeness (QED) is 0.550. The molecule has 2 aromatic rings. The number of hydrogen-bond donors (Lipinski definition) is 0. The second-order valence-corrected chi connectivity index (χ2v) is 9.43. The number of rotatable bonds is 7. The molecule has 2 nitrogen and oxygen atoms in total. The van der Waals surface area contributed by atoms with Crippen LogP contribution in [0.1, 0.15) is 44.2 Å². The van der Waals surface area contributed by atoms with Crippen molar-refractivity contribution in [3.63, 3.8) is 0 Å². The van der Waals surface area contributed by atoms with Crippen molar-refractivity contribution < 1.29 is 4.79 Å². The van der Waals surface area contributed by atoms with Gasteiger partial charge in [0.05, 0.1) is 0 Å². The maximum absolute atomic E-state index is 12.5. The summed E-state index contributed by atoms with van der Waals surface area (Å²) >= 11 is 3.88. The van der Waals surface area contributed by atoms with Crippen LogP contribution in [0.3, 0.4) is 0 Å². The van der Waals surface area contributed by atoms with Crippen LogP contribution in [0.2, 0.25) is 0 Å². The Morgan fingerprint density at radius 1 is 1.04 bits per heavy atom. The van der Waals surface area contributed by atoms with E-state index in [0.29, 0.717) is 18.2 Å². The van der Waals surface area contributed by atoms with Crippen molar-refractivity contribution in [2.45, 2.75) is 56.6 Å². The van der Waals surface area contributed by atoms with E-state index in [2.05, 4.69) is 88.4 Å². The monoisotopic (exact) mass is 413 g/mol. The lowest BCUT2D eigenvalue weighted by Gasteiger charge is -2.30. The zero-order valence-corrected chi connectivity index (χ0v) is 17.3. The van der Waals surface area contributed by atoms with E-state index in [1.54, 1.807) is 0 Å². The highest BCUT2D eigenvalue weighted by Gasteiger charge is 2.46. The maximum Gasteiger partial charge on any atom is 0.137 e. The predicted octanol–water partition coefficient (Wildman–Crippen LogP) is 5.60. The zero-order valence-electron chi connectivity index (χ0n) is 15.7. The van der Waals surface area contributed by atoms with Crippen LogP contribution in [0.15, 0.2) is 60.7 Å². The summed E-state index contributed by atoms with van der Waals surface area (Å²) in [5.74, 6) is 0.484. The van der Waals surface area contributed by atoms with E-state index in [9.17, 15) is 4.79 Å². The van der Waals surface area contributed by atoms with Crippen molar-refractivity contribution in [3.05, 3.63) is 71.8 Å². The SMILES string of the molecule is CCC(=O)C1CC(N(Cc2ccccc2)Cc2ccccc2)CC1(C)Br. The first-order valence-corrected chi connectivity index (χ1v) is 10.3. The fourth-order valence-electron chi connectivity index (χ4n) is 4.15. The minimum absolute atomic E-state index is 0.101. The van der Waals surface area contributed by atoms with Crippen LogP contribution in [-0.2, 0) is 17.9 Å². The van der Waals surface area contributed by atoms with Gasteiger partial charge in [-0.15, -0.1) is 0 Å². The molecular weight excluding hydrogens is 386 g/mol. The molecule has 1 aliphatic rings. The van der Waals surface area contributed by atoms with E-state index in [-0.39, 0.29) is 10.2 Å². The number of carbonyl (C=O) groups excluding carboxylic acids is 1. The Balaban J connectivity index is 1.82. The Bertz CT molecular complexity index is 672. The summed E-state index contributed by atoms with van der Waals surface area (Å²) < 4.78 is -0.101. The van der Waals surface area contributed by atoms with Crippen molar-refractivity contribution in [2.75, 3.05) is 0 Å². The average molecular weight is 414 g/mol. The molecule has 1 aliphatic carbocycles. The molecular formula is C23H28BrNO. The number of carbonyl (C=O) groups is 1. The number of Topliss-reactive ketones (excluding diaryl/α,β-unsaturated/α-hetero) is 1. The van der Waals surface area contributed by atoms with Gasteiger partial charge in [0.2, 0.25) is 0 Å². The van der Waals surface area contributed by atoms with E-state index in [1.165, 1.54) is 11.1 Å². The number of nitrogens with zero attached hydrogens (tertiary/aromatic N) is 1. The van der Waals surface area contributed by atoms with Gasteiger partial charge in [0.25, 0.3) is 0 Å². The largest absolute Gasteiger partial charge is 0.299 e. The highest BCUT2D eigenvalue weighted by molar-refractivity contribution is 9.10. The summed E-state index contributed by atoms with van der Waals surface area (Å²) in [6.45, 7) is 5.99. The van der Waals surface area contributed by atoms with Crippen LogP contribution in [-0.4, -0.2) is 21.0 Å². The summed E-state index contributed by atoms with van der Waals surface area (Å²) in [4.78, 5) is 15.0. The van der Waals surface area contributed by atoms with Gasteiger partial charge < -0.3 is 0 Å². The van der Waals surface area contributed by atoms with E-state index >= 15 is 0 Å². The lowest BCUT2D eigenvalue weighted by molar-refractivity contribution is -0.122. The molecule has 0 amide bonds. The fraction of sp³-hybridized carbons (Fsp3) is 0.435. The topological polar surface area (TPSA) is 20.3 Å². The maximum atomic E-state index is 12.5. The van der Waals surface area contributed by atoms with E-state index < -0.39 is 0 Å². The molecule has 0 N–H and O–H groups in total. The van der Waals surface area contributed by atoms with Crippen LogP contribution in [0.4, 0.5) is 0 Å². The molecule has 3 rings (SSSR count). The van der Waals surface area contributed by atoms with Crippen molar-refractivity contribution in [1.29, 1.82) is 0 Å². The minimum Gasteiger partial charge on any atom is -0.299 e. The van der Waals surface area contributed by atoms with Gasteiger partial charge in [-0.25, -0.2) is 0 Å². The molecule has 1 saturated carbocycles. The first kappa shape index (κ1) is 19.3. The molecule has 2 aromatic carbocycles. The van der Waals surface area contributed by atoms with Gasteiger partial charge >= 0.3 is 0 Å². The molecule has 0 bridgehead atoms. The van der Waals surface area contributed by atoms with Crippen LogP contribution < -0.4 is 0 Å². The molecule has 0 aliphatic heterocycles. The van der Waals surface area contributed by atoms with Gasteiger partial charge in [0.1, 0.15) is 5.78 Å². The fourth-order valence-corrected chi connectivity index (χ4v) is 4.96. The third kappa shape index (κ3) is 4.63. The van der Waals surface area contributed by atoms with Gasteiger partial charge in [0, 0.05) is 35.8 Å². The molecule has 0 heterocycles. The number of benzene rings is 2. The highest BCUT2D eigenvalue weighted by atomic mass is 79.9. The van der Waals surface area contributed by atoms with Crippen LogP contribution in [0.25, 0.3) is 0 Å². The number of alkyl halides is 1. The smallest absolute Gasteiger partial charge is 0.137 e. The second kappa shape index (κ2) is 8.49. The molecule has 3 heteroatoms. The summed E-state index contributed by atoms with van der Waals surface area (Å²) in [5, 5.41) is 0. The zero-order chi connectivity index (χ0) is 18.6. The first-order valence-electron chi connectivity index (χ1n) is 9.53. The van der Waals surface area contributed by atoms with E-state index in [0.717, 1.165) is 25.9 Å². The van der Waals surface area contributed by atoms with E-state index in [4.69, 9.17) is 0 Å². The third-order valence-electron chi connectivity index (χ3n) is 5.58. The molecule has 0 radical (unpaired) electrons. The Kier molecular flexibility index (Phi) is 6.31. The minimum atomic E-state index is -0.101. The van der Waals surface area contributed by atoms with Gasteiger partial charge in [-0.1, -0.05) is 83.5 Å². The van der Waals surface area contributed by atoms with Crippen molar-refractivity contribution >= 4 is 21.7 Å². The second-order valence-electron chi connectivity index (χ2n) is 7.62. The first-order chi connectivity index (χ1) is 12.5. The predicted molar refractivity (Wildman–Crippen MR) is 111 cm³/mol. The molecule has 1 fully saturated rings. The highest BCUT2D eigenvalue weighted by Crippen LogP contribution is 2.45. The molecule has 0 spiro atoms. The Morgan fingerprint density at radius 2 is 1.54 bits per heavy atom. The summed E-state index contributed by atoms with van der Waals surface area (Å²) in [7, 11) is 0. The number of ketones is 1. The van der Waals surface area contributed by atoms with Gasteiger partial charge in [-0.2, -0.15) is 0 Å².